The molecule has 0 aliphatic rings. The molecule has 1 aromatic rings. The SMILES string of the molecule is CC(C)CC(N)C(=O)NC(Cc1cnc[nH]1)C(=O)NC(C)C(=O)NC(CS)C(=O)O. The number of aromatic amines is 1. The van der Waals surface area contributed by atoms with Gasteiger partial charge in [0.1, 0.15) is 18.1 Å². The first-order chi connectivity index (χ1) is 14.0. The van der Waals surface area contributed by atoms with Crippen LogP contribution in [0.25, 0.3) is 0 Å². The standard InChI is InChI=1S/C18H30N6O5S/c1-9(2)4-12(19)16(26)23-13(5-11-6-20-8-21-11)17(27)22-10(3)15(25)24-14(7-30)18(28)29/h6,8-10,12-14,30H,4-5,7,19H2,1-3H3,(H,20,21)(H,22,27)(H,23,26)(H,24,25)(H,28,29). The summed E-state index contributed by atoms with van der Waals surface area (Å²) in [6.07, 6.45) is 3.51. The molecule has 0 spiro atoms. The van der Waals surface area contributed by atoms with Gasteiger partial charge in [0.05, 0.1) is 12.4 Å². The van der Waals surface area contributed by atoms with E-state index in [-0.39, 0.29) is 18.1 Å². The predicted octanol–water partition coefficient (Wildman–Crippen LogP) is -1.19. The van der Waals surface area contributed by atoms with Gasteiger partial charge < -0.3 is 31.8 Å². The number of carbonyl (C=O) groups is 4. The van der Waals surface area contributed by atoms with Crippen LogP contribution in [0.15, 0.2) is 12.5 Å². The number of amides is 3. The van der Waals surface area contributed by atoms with Gasteiger partial charge in [0.2, 0.25) is 17.7 Å². The third-order valence-electron chi connectivity index (χ3n) is 4.22. The zero-order valence-corrected chi connectivity index (χ0v) is 18.1. The molecule has 0 bridgehead atoms. The molecule has 0 aliphatic heterocycles. The average molecular weight is 443 g/mol. The molecule has 1 rings (SSSR count). The van der Waals surface area contributed by atoms with E-state index >= 15 is 0 Å². The molecular formula is C18H30N6O5S. The molecule has 1 heterocycles. The third kappa shape index (κ3) is 8.41. The molecule has 3 amide bonds. The summed E-state index contributed by atoms with van der Waals surface area (Å²) in [5.41, 5.74) is 6.50. The van der Waals surface area contributed by atoms with Crippen LogP contribution in [0.1, 0.15) is 32.9 Å². The number of thiol groups is 1. The molecule has 0 radical (unpaired) electrons. The van der Waals surface area contributed by atoms with Gasteiger partial charge in [-0.25, -0.2) is 9.78 Å². The Balaban J connectivity index is 2.82. The van der Waals surface area contributed by atoms with Crippen LogP contribution in [0.4, 0.5) is 0 Å². The largest absolute Gasteiger partial charge is 0.480 e. The highest BCUT2D eigenvalue weighted by Crippen LogP contribution is 2.05. The Morgan fingerprint density at radius 1 is 1.10 bits per heavy atom. The van der Waals surface area contributed by atoms with Gasteiger partial charge in [0, 0.05) is 24.1 Å². The first-order valence-corrected chi connectivity index (χ1v) is 10.2. The summed E-state index contributed by atoms with van der Waals surface area (Å²) in [5.74, 6) is -2.93. The van der Waals surface area contributed by atoms with Crippen molar-refractivity contribution in [2.75, 3.05) is 5.75 Å². The normalized spacial score (nSPS) is 15.0. The summed E-state index contributed by atoms with van der Waals surface area (Å²) in [4.78, 5) is 55.1. The lowest BCUT2D eigenvalue weighted by Crippen LogP contribution is -2.57. The molecule has 1 aromatic heterocycles. The van der Waals surface area contributed by atoms with Gasteiger partial charge in [-0.1, -0.05) is 13.8 Å². The lowest BCUT2D eigenvalue weighted by atomic mass is 10.0. The molecule has 11 nitrogen and oxygen atoms in total. The summed E-state index contributed by atoms with van der Waals surface area (Å²) in [6, 6.07) is -4.01. The lowest BCUT2D eigenvalue weighted by Gasteiger charge is -2.23. The van der Waals surface area contributed by atoms with Crippen molar-refractivity contribution in [2.45, 2.75) is 57.8 Å². The van der Waals surface area contributed by atoms with E-state index in [9.17, 15) is 19.2 Å². The summed E-state index contributed by atoms with van der Waals surface area (Å²) in [5, 5.41) is 16.4. The predicted molar refractivity (Wildman–Crippen MR) is 113 cm³/mol. The molecule has 0 saturated heterocycles. The number of hydrogen-bond donors (Lipinski definition) is 7. The van der Waals surface area contributed by atoms with E-state index in [1.165, 1.54) is 19.4 Å². The molecule has 0 fully saturated rings. The van der Waals surface area contributed by atoms with Crippen molar-refractivity contribution < 1.29 is 24.3 Å². The summed E-state index contributed by atoms with van der Waals surface area (Å²) >= 11 is 3.88. The fourth-order valence-corrected chi connectivity index (χ4v) is 2.83. The maximum atomic E-state index is 12.7. The second-order valence-electron chi connectivity index (χ2n) is 7.39. The molecule has 4 unspecified atom stereocenters. The Morgan fingerprint density at radius 3 is 2.23 bits per heavy atom. The van der Waals surface area contributed by atoms with Gasteiger partial charge in [0.25, 0.3) is 0 Å². The maximum absolute atomic E-state index is 12.7. The summed E-state index contributed by atoms with van der Waals surface area (Å²) in [7, 11) is 0. The van der Waals surface area contributed by atoms with E-state index in [1.807, 2.05) is 13.8 Å². The van der Waals surface area contributed by atoms with Crippen LogP contribution in [0.3, 0.4) is 0 Å². The smallest absolute Gasteiger partial charge is 0.327 e. The van der Waals surface area contributed by atoms with E-state index < -0.39 is 47.9 Å². The second kappa shape index (κ2) is 12.2. The van der Waals surface area contributed by atoms with Crippen LogP contribution in [-0.2, 0) is 25.6 Å². The number of imidazole rings is 1. The zero-order valence-electron chi connectivity index (χ0n) is 17.2. The fraction of sp³-hybridized carbons (Fsp3) is 0.611. The Bertz CT molecular complexity index is 727. The molecular weight excluding hydrogens is 412 g/mol. The molecule has 0 aliphatic carbocycles. The average Bonchev–Trinajstić information content (AvgIpc) is 3.17. The van der Waals surface area contributed by atoms with E-state index in [4.69, 9.17) is 10.8 Å². The number of nitrogens with two attached hydrogens (primary N) is 1. The number of nitrogens with one attached hydrogen (secondary N) is 4. The topological polar surface area (TPSA) is 179 Å². The number of carboxylic acids is 1. The fourth-order valence-electron chi connectivity index (χ4n) is 2.58. The molecule has 168 valence electrons. The molecule has 30 heavy (non-hydrogen) atoms. The van der Waals surface area contributed by atoms with Crippen molar-refractivity contribution in [3.63, 3.8) is 0 Å². The summed E-state index contributed by atoms with van der Waals surface area (Å²) in [6.45, 7) is 5.26. The summed E-state index contributed by atoms with van der Waals surface area (Å²) < 4.78 is 0. The van der Waals surface area contributed by atoms with E-state index in [0.29, 0.717) is 12.1 Å². The zero-order chi connectivity index (χ0) is 22.8. The number of carbonyl (C=O) groups excluding carboxylic acids is 3. The first kappa shape index (κ1) is 25.4. The highest BCUT2D eigenvalue weighted by molar-refractivity contribution is 7.80. The first-order valence-electron chi connectivity index (χ1n) is 9.52. The minimum atomic E-state index is -1.24. The van der Waals surface area contributed by atoms with Gasteiger partial charge in [-0.15, -0.1) is 0 Å². The number of nitrogens with zero attached hydrogens (tertiary/aromatic N) is 1. The highest BCUT2D eigenvalue weighted by Gasteiger charge is 2.28. The number of carboxylic acid groups (broad SMARTS) is 1. The van der Waals surface area contributed by atoms with Crippen molar-refractivity contribution >= 4 is 36.3 Å². The van der Waals surface area contributed by atoms with E-state index in [2.05, 4.69) is 38.5 Å². The lowest BCUT2D eigenvalue weighted by molar-refractivity contribution is -0.141. The van der Waals surface area contributed by atoms with E-state index in [0.717, 1.165) is 0 Å². The van der Waals surface area contributed by atoms with Crippen molar-refractivity contribution in [3.8, 4) is 0 Å². The van der Waals surface area contributed by atoms with Crippen molar-refractivity contribution in [1.29, 1.82) is 0 Å². The Labute approximate surface area is 180 Å². The van der Waals surface area contributed by atoms with Gasteiger partial charge in [-0.05, 0) is 19.3 Å². The quantitative estimate of drug-likeness (QED) is 0.199. The van der Waals surface area contributed by atoms with Gasteiger partial charge in [0.15, 0.2) is 0 Å². The Kier molecular flexibility index (Phi) is 10.3. The van der Waals surface area contributed by atoms with Crippen LogP contribution < -0.4 is 21.7 Å². The van der Waals surface area contributed by atoms with Crippen LogP contribution in [0.2, 0.25) is 0 Å². The molecule has 4 atom stereocenters. The molecule has 0 aromatic carbocycles. The van der Waals surface area contributed by atoms with Crippen LogP contribution in [0.5, 0.6) is 0 Å². The van der Waals surface area contributed by atoms with E-state index in [1.54, 1.807) is 0 Å². The molecule has 0 saturated carbocycles. The minimum Gasteiger partial charge on any atom is -0.480 e. The highest BCUT2D eigenvalue weighted by atomic mass is 32.1. The Hall–Kier alpha value is -2.60. The maximum Gasteiger partial charge on any atom is 0.327 e. The second-order valence-corrected chi connectivity index (χ2v) is 7.76. The van der Waals surface area contributed by atoms with Crippen LogP contribution in [0, 0.1) is 5.92 Å². The number of hydrogen-bond acceptors (Lipinski definition) is 7. The third-order valence-corrected chi connectivity index (χ3v) is 4.59. The van der Waals surface area contributed by atoms with Crippen LogP contribution >= 0.6 is 12.6 Å². The monoisotopic (exact) mass is 442 g/mol. The van der Waals surface area contributed by atoms with Gasteiger partial charge >= 0.3 is 5.97 Å². The number of aromatic nitrogens is 2. The number of H-pyrrole nitrogens is 1. The number of aliphatic carboxylic acids is 1. The Morgan fingerprint density at radius 2 is 1.73 bits per heavy atom. The van der Waals surface area contributed by atoms with Crippen LogP contribution in [-0.4, -0.2) is 68.7 Å². The molecule has 7 N–H and O–H groups in total. The number of rotatable bonds is 12. The van der Waals surface area contributed by atoms with Crippen molar-refractivity contribution in [2.24, 2.45) is 11.7 Å². The minimum absolute atomic E-state index is 0.103. The van der Waals surface area contributed by atoms with Crippen molar-refractivity contribution in [1.82, 2.24) is 25.9 Å². The van der Waals surface area contributed by atoms with Crippen molar-refractivity contribution in [3.05, 3.63) is 18.2 Å². The van der Waals surface area contributed by atoms with Gasteiger partial charge in [-0.2, -0.15) is 12.6 Å². The molecule has 12 heteroatoms. The van der Waals surface area contributed by atoms with Gasteiger partial charge in [-0.3, -0.25) is 14.4 Å².